The van der Waals surface area contributed by atoms with Crippen LogP contribution in [0.1, 0.15) is 32.3 Å². The lowest BCUT2D eigenvalue weighted by atomic mass is 9.91. The monoisotopic (exact) mass is 232 g/mol. The van der Waals surface area contributed by atoms with Gasteiger partial charge in [0.05, 0.1) is 0 Å². The van der Waals surface area contributed by atoms with Crippen LogP contribution in [0.3, 0.4) is 0 Å². The molecule has 1 aliphatic heterocycles. The Labute approximate surface area is 103 Å². The molecule has 3 nitrogen and oxygen atoms in total. The quantitative estimate of drug-likeness (QED) is 0.798. The molecule has 0 aromatic carbocycles. The fourth-order valence-electron chi connectivity index (χ4n) is 2.35. The minimum atomic E-state index is 0.291. The Balaban J connectivity index is 1.82. The molecule has 1 amide bonds. The van der Waals surface area contributed by atoms with Gasteiger partial charge < -0.3 is 4.90 Å². The summed E-state index contributed by atoms with van der Waals surface area (Å²) in [7, 11) is 0. The van der Waals surface area contributed by atoms with Gasteiger partial charge in [-0.1, -0.05) is 19.9 Å². The lowest BCUT2D eigenvalue weighted by Gasteiger charge is -2.43. The van der Waals surface area contributed by atoms with Crippen molar-refractivity contribution in [1.29, 1.82) is 0 Å². The Hall–Kier alpha value is -1.38. The maximum absolute atomic E-state index is 12.0. The molecule has 1 aromatic rings. The highest BCUT2D eigenvalue weighted by Gasteiger charge is 2.33. The number of hydrogen-bond acceptors (Lipinski definition) is 2. The number of nitrogens with zero attached hydrogens (tertiary/aromatic N) is 2. The predicted octanol–water partition coefficient (Wildman–Crippen LogP) is 2.27. The second-order valence-electron chi connectivity index (χ2n) is 5.05. The number of amides is 1. The Morgan fingerprint density at radius 1 is 1.59 bits per heavy atom. The first-order chi connectivity index (χ1) is 8.18. The average molecular weight is 232 g/mol. The highest BCUT2D eigenvalue weighted by atomic mass is 16.2. The molecule has 0 saturated carbocycles. The number of hydrogen-bond donors (Lipinski definition) is 0. The van der Waals surface area contributed by atoms with E-state index in [4.69, 9.17) is 0 Å². The first-order valence-corrected chi connectivity index (χ1v) is 6.37. The predicted molar refractivity (Wildman–Crippen MR) is 67.5 cm³/mol. The van der Waals surface area contributed by atoms with Gasteiger partial charge in [0, 0.05) is 31.4 Å². The van der Waals surface area contributed by atoms with E-state index < -0.39 is 0 Å². The maximum atomic E-state index is 12.0. The van der Waals surface area contributed by atoms with Crippen LogP contribution >= 0.6 is 0 Å². The van der Waals surface area contributed by atoms with Crippen molar-refractivity contribution in [1.82, 2.24) is 9.88 Å². The zero-order valence-electron chi connectivity index (χ0n) is 10.6. The summed E-state index contributed by atoms with van der Waals surface area (Å²) in [5.74, 6) is 0.866. The third-order valence-electron chi connectivity index (χ3n) is 3.51. The lowest BCUT2D eigenvalue weighted by molar-refractivity contribution is -0.140. The molecular formula is C14H20N2O. The van der Waals surface area contributed by atoms with Crippen LogP contribution < -0.4 is 0 Å². The average Bonchev–Trinajstić information content (AvgIpc) is 2.25. The van der Waals surface area contributed by atoms with Crippen molar-refractivity contribution in [3.63, 3.8) is 0 Å². The van der Waals surface area contributed by atoms with Crippen LogP contribution in [0.15, 0.2) is 24.5 Å². The number of likely N-dealkylation sites (tertiary alicyclic amines) is 1. The van der Waals surface area contributed by atoms with E-state index in [1.54, 1.807) is 6.20 Å². The van der Waals surface area contributed by atoms with Crippen LogP contribution in [0.5, 0.6) is 0 Å². The highest BCUT2D eigenvalue weighted by Crippen LogP contribution is 2.25. The molecule has 92 valence electrons. The zero-order chi connectivity index (χ0) is 12.3. The third-order valence-corrected chi connectivity index (χ3v) is 3.51. The molecule has 1 aliphatic rings. The van der Waals surface area contributed by atoms with Gasteiger partial charge in [-0.25, -0.2) is 0 Å². The van der Waals surface area contributed by atoms with Gasteiger partial charge in [-0.15, -0.1) is 0 Å². The molecule has 0 aliphatic carbocycles. The molecule has 3 heteroatoms. The second-order valence-corrected chi connectivity index (χ2v) is 5.05. The first-order valence-electron chi connectivity index (χ1n) is 6.37. The summed E-state index contributed by atoms with van der Waals surface area (Å²) in [4.78, 5) is 18.1. The number of aromatic nitrogens is 1. The van der Waals surface area contributed by atoms with Crippen LogP contribution in [0.2, 0.25) is 0 Å². The standard InChI is InChI=1S/C14H20N2O/c1-11(2)13-7-9-16(13)14(17)6-5-12-4-3-8-15-10-12/h3-4,8,10-11,13H,5-7,9H2,1-2H3. The number of carbonyl (C=O) groups is 1. The van der Waals surface area contributed by atoms with E-state index >= 15 is 0 Å². The van der Waals surface area contributed by atoms with Crippen LogP contribution in [0.4, 0.5) is 0 Å². The van der Waals surface area contributed by atoms with E-state index in [1.807, 2.05) is 23.2 Å². The smallest absolute Gasteiger partial charge is 0.223 e. The third kappa shape index (κ3) is 2.84. The first kappa shape index (κ1) is 12.1. The van der Waals surface area contributed by atoms with Crippen LogP contribution in [-0.4, -0.2) is 28.4 Å². The SMILES string of the molecule is CC(C)C1CCN1C(=O)CCc1cccnc1. The van der Waals surface area contributed by atoms with E-state index in [0.29, 0.717) is 24.3 Å². The lowest BCUT2D eigenvalue weighted by Crippen LogP contribution is -2.53. The van der Waals surface area contributed by atoms with Crippen molar-refractivity contribution >= 4 is 5.91 Å². The largest absolute Gasteiger partial charge is 0.339 e. The van der Waals surface area contributed by atoms with E-state index in [9.17, 15) is 4.79 Å². The summed E-state index contributed by atoms with van der Waals surface area (Å²) in [5.41, 5.74) is 1.14. The number of pyridine rings is 1. The summed E-state index contributed by atoms with van der Waals surface area (Å²) in [5, 5.41) is 0. The van der Waals surface area contributed by atoms with Crippen molar-refractivity contribution in [2.45, 2.75) is 39.2 Å². The van der Waals surface area contributed by atoms with Gasteiger partial charge in [0.25, 0.3) is 0 Å². The summed E-state index contributed by atoms with van der Waals surface area (Å²) < 4.78 is 0. The minimum absolute atomic E-state index is 0.291. The molecular weight excluding hydrogens is 212 g/mol. The van der Waals surface area contributed by atoms with Crippen molar-refractivity contribution < 1.29 is 4.79 Å². The van der Waals surface area contributed by atoms with Gasteiger partial charge >= 0.3 is 0 Å². The second kappa shape index (κ2) is 5.30. The summed E-state index contributed by atoms with van der Waals surface area (Å²) in [6.07, 6.45) is 6.16. The van der Waals surface area contributed by atoms with E-state index in [1.165, 1.54) is 0 Å². The molecule has 17 heavy (non-hydrogen) atoms. The van der Waals surface area contributed by atoms with Crippen LogP contribution in [-0.2, 0) is 11.2 Å². The molecule has 0 spiro atoms. The molecule has 1 aromatic heterocycles. The van der Waals surface area contributed by atoms with E-state index in [2.05, 4.69) is 18.8 Å². The molecule has 0 N–H and O–H groups in total. The summed E-state index contributed by atoms with van der Waals surface area (Å²) >= 11 is 0. The van der Waals surface area contributed by atoms with Gasteiger partial charge in [-0.3, -0.25) is 9.78 Å². The minimum Gasteiger partial charge on any atom is -0.339 e. The summed E-state index contributed by atoms with van der Waals surface area (Å²) in [6, 6.07) is 4.41. The molecule has 1 fully saturated rings. The van der Waals surface area contributed by atoms with Gasteiger partial charge in [-0.2, -0.15) is 0 Å². The van der Waals surface area contributed by atoms with Crippen molar-refractivity contribution in [3.05, 3.63) is 30.1 Å². The van der Waals surface area contributed by atoms with Crippen molar-refractivity contribution in [3.8, 4) is 0 Å². The molecule has 1 unspecified atom stereocenters. The molecule has 0 bridgehead atoms. The normalized spacial score (nSPS) is 19.2. The molecule has 1 saturated heterocycles. The number of rotatable bonds is 4. The van der Waals surface area contributed by atoms with Crippen molar-refractivity contribution in [2.24, 2.45) is 5.92 Å². The van der Waals surface area contributed by atoms with E-state index in [0.717, 1.165) is 24.9 Å². The summed E-state index contributed by atoms with van der Waals surface area (Å²) in [6.45, 7) is 5.31. The molecule has 2 rings (SSSR count). The van der Waals surface area contributed by atoms with Gasteiger partial charge in [-0.05, 0) is 30.4 Å². The molecule has 1 atom stereocenters. The molecule has 2 heterocycles. The Morgan fingerprint density at radius 2 is 2.41 bits per heavy atom. The highest BCUT2D eigenvalue weighted by molar-refractivity contribution is 5.77. The van der Waals surface area contributed by atoms with Crippen LogP contribution in [0.25, 0.3) is 0 Å². The van der Waals surface area contributed by atoms with Crippen molar-refractivity contribution in [2.75, 3.05) is 6.54 Å². The van der Waals surface area contributed by atoms with Gasteiger partial charge in [0.15, 0.2) is 0 Å². The number of carbonyl (C=O) groups excluding carboxylic acids is 1. The Bertz CT molecular complexity index is 375. The van der Waals surface area contributed by atoms with E-state index in [-0.39, 0.29) is 0 Å². The Kier molecular flexibility index (Phi) is 3.77. The molecule has 0 radical (unpaired) electrons. The van der Waals surface area contributed by atoms with Crippen LogP contribution in [0, 0.1) is 5.92 Å². The van der Waals surface area contributed by atoms with Gasteiger partial charge in [0.1, 0.15) is 0 Å². The fourth-order valence-corrected chi connectivity index (χ4v) is 2.35. The fraction of sp³-hybridized carbons (Fsp3) is 0.571. The maximum Gasteiger partial charge on any atom is 0.223 e. The topological polar surface area (TPSA) is 33.2 Å². The Morgan fingerprint density at radius 3 is 2.94 bits per heavy atom. The van der Waals surface area contributed by atoms with Gasteiger partial charge in [0.2, 0.25) is 5.91 Å². The number of aryl methyl sites for hydroxylation is 1. The zero-order valence-corrected chi connectivity index (χ0v) is 10.6.